The lowest BCUT2D eigenvalue weighted by atomic mass is 10.3. The summed E-state index contributed by atoms with van der Waals surface area (Å²) in [4.78, 5) is 19.1. The summed E-state index contributed by atoms with van der Waals surface area (Å²) in [5.74, 6) is -2.51. The van der Waals surface area contributed by atoms with E-state index in [1.165, 1.54) is 0 Å². The van der Waals surface area contributed by atoms with Crippen molar-refractivity contribution in [1.29, 1.82) is 0 Å². The third-order valence-electron chi connectivity index (χ3n) is 1.27. The van der Waals surface area contributed by atoms with E-state index in [1.54, 1.807) is 12.1 Å². The largest absolute Gasteiger partial charge is 0.478 e. The normalized spacial score (nSPS) is 9.31. The lowest BCUT2D eigenvalue weighted by Crippen LogP contribution is -1.91. The van der Waals surface area contributed by atoms with Crippen molar-refractivity contribution in [1.82, 2.24) is 0 Å². The van der Waals surface area contributed by atoms with Gasteiger partial charge in [0.05, 0.1) is 10.7 Å². The molecule has 0 atom stereocenters. The van der Waals surface area contributed by atoms with Gasteiger partial charge in [-0.15, -0.1) is 0 Å². The maximum atomic E-state index is 9.55. The maximum absolute atomic E-state index is 9.55. The molecule has 0 saturated heterocycles. The number of anilines is 1. The molecule has 0 saturated carbocycles. The highest BCUT2D eigenvalue weighted by atomic mass is 35.5. The third-order valence-corrected chi connectivity index (χ3v) is 1.62. The van der Waals surface area contributed by atoms with Gasteiger partial charge in [-0.3, -0.25) is 0 Å². The fourth-order valence-electron chi connectivity index (χ4n) is 0.618. The van der Waals surface area contributed by atoms with Crippen LogP contribution >= 0.6 is 11.6 Å². The first kappa shape index (κ1) is 14.0. The predicted octanol–water partition coefficient (Wildman–Crippen LogP) is 1.63. The van der Waals surface area contributed by atoms with Crippen molar-refractivity contribution in [2.45, 2.75) is 0 Å². The van der Waals surface area contributed by atoms with Gasteiger partial charge in [-0.25, -0.2) is 9.59 Å². The molecule has 0 radical (unpaired) electrons. The maximum Gasteiger partial charge on any atom is 0.328 e. The molecular weight excluding hydrogens is 234 g/mol. The Hall–Kier alpha value is -2.01. The first-order valence-electron chi connectivity index (χ1n) is 4.07. The first-order chi connectivity index (χ1) is 7.43. The molecule has 0 fully saturated rings. The van der Waals surface area contributed by atoms with Crippen molar-refractivity contribution in [3.63, 3.8) is 0 Å². The molecule has 16 heavy (non-hydrogen) atoms. The Morgan fingerprint density at radius 3 is 1.81 bits per heavy atom. The Bertz CT molecular complexity index is 367. The van der Waals surface area contributed by atoms with Gasteiger partial charge in [-0.05, 0) is 12.1 Å². The molecular formula is C10H10ClNO4. The van der Waals surface area contributed by atoms with Gasteiger partial charge in [0.2, 0.25) is 0 Å². The van der Waals surface area contributed by atoms with Crippen molar-refractivity contribution in [3.05, 3.63) is 41.4 Å². The molecule has 0 aliphatic heterocycles. The second kappa shape index (κ2) is 7.30. The standard InChI is InChI=1S/C6H6ClN.C4H4O4/c7-5-3-1-2-4-6(5)8;5-3(6)1-2-4(7)8/h1-4H,8H2;1-2H,(H,5,6)(H,7,8)/b;2-1-. The minimum Gasteiger partial charge on any atom is -0.478 e. The molecule has 6 heteroatoms. The van der Waals surface area contributed by atoms with Gasteiger partial charge in [0.25, 0.3) is 0 Å². The van der Waals surface area contributed by atoms with Crippen molar-refractivity contribution >= 4 is 29.2 Å². The second-order valence-corrected chi connectivity index (χ2v) is 2.94. The van der Waals surface area contributed by atoms with Crippen LogP contribution in [0.1, 0.15) is 0 Å². The van der Waals surface area contributed by atoms with Crippen molar-refractivity contribution in [2.24, 2.45) is 0 Å². The van der Waals surface area contributed by atoms with Gasteiger partial charge < -0.3 is 15.9 Å². The van der Waals surface area contributed by atoms with E-state index >= 15 is 0 Å². The molecule has 1 aromatic carbocycles. The number of halogens is 1. The zero-order valence-electron chi connectivity index (χ0n) is 8.13. The minimum absolute atomic E-state index is 0.558. The lowest BCUT2D eigenvalue weighted by molar-refractivity contribution is -0.134. The molecule has 0 aromatic heterocycles. The van der Waals surface area contributed by atoms with Gasteiger partial charge in [-0.1, -0.05) is 23.7 Å². The Morgan fingerprint density at radius 1 is 1.12 bits per heavy atom. The fourth-order valence-corrected chi connectivity index (χ4v) is 0.753. The molecule has 0 aliphatic rings. The van der Waals surface area contributed by atoms with Gasteiger partial charge in [0.1, 0.15) is 0 Å². The number of carbonyl (C=O) groups is 2. The number of hydrogen-bond acceptors (Lipinski definition) is 3. The van der Waals surface area contributed by atoms with E-state index in [0.717, 1.165) is 0 Å². The smallest absolute Gasteiger partial charge is 0.328 e. The van der Waals surface area contributed by atoms with E-state index in [0.29, 0.717) is 22.9 Å². The van der Waals surface area contributed by atoms with E-state index < -0.39 is 11.9 Å². The SMILES string of the molecule is Nc1ccccc1Cl.O=C(O)/C=C\C(=O)O. The van der Waals surface area contributed by atoms with Crippen LogP contribution in [0.25, 0.3) is 0 Å². The van der Waals surface area contributed by atoms with Crippen molar-refractivity contribution in [3.8, 4) is 0 Å². The number of nitrogen functional groups attached to an aromatic ring is 1. The van der Waals surface area contributed by atoms with Crippen LogP contribution in [-0.2, 0) is 9.59 Å². The zero-order valence-corrected chi connectivity index (χ0v) is 8.89. The van der Waals surface area contributed by atoms with Gasteiger partial charge in [0.15, 0.2) is 0 Å². The highest BCUT2D eigenvalue weighted by Gasteiger charge is 1.88. The number of carboxylic acids is 2. The van der Waals surface area contributed by atoms with Crippen LogP contribution in [0.15, 0.2) is 36.4 Å². The van der Waals surface area contributed by atoms with E-state index in [9.17, 15) is 9.59 Å². The van der Waals surface area contributed by atoms with Crippen LogP contribution in [0.5, 0.6) is 0 Å². The molecule has 5 nitrogen and oxygen atoms in total. The molecule has 0 heterocycles. The Kier molecular flexibility index (Phi) is 6.39. The number of rotatable bonds is 2. The first-order valence-corrected chi connectivity index (χ1v) is 4.45. The highest BCUT2D eigenvalue weighted by Crippen LogP contribution is 2.15. The van der Waals surface area contributed by atoms with Crippen LogP contribution in [0.3, 0.4) is 0 Å². The van der Waals surface area contributed by atoms with Crippen LogP contribution in [0.4, 0.5) is 5.69 Å². The average molecular weight is 244 g/mol. The minimum atomic E-state index is -1.26. The molecule has 1 aromatic rings. The molecule has 0 bridgehead atoms. The van der Waals surface area contributed by atoms with Crippen molar-refractivity contribution in [2.75, 3.05) is 5.73 Å². The van der Waals surface area contributed by atoms with E-state index in [2.05, 4.69) is 0 Å². The van der Waals surface area contributed by atoms with Crippen LogP contribution < -0.4 is 5.73 Å². The predicted molar refractivity (Wildman–Crippen MR) is 60.3 cm³/mol. The summed E-state index contributed by atoms with van der Waals surface area (Å²) in [5, 5.41) is 16.2. The number of carboxylic acid groups (broad SMARTS) is 2. The van der Waals surface area contributed by atoms with Crippen LogP contribution in [0.2, 0.25) is 5.02 Å². The highest BCUT2D eigenvalue weighted by molar-refractivity contribution is 6.33. The van der Waals surface area contributed by atoms with Gasteiger partial charge in [0, 0.05) is 12.2 Å². The summed E-state index contributed by atoms with van der Waals surface area (Å²) in [6.07, 6.45) is 1.12. The van der Waals surface area contributed by atoms with Crippen LogP contribution in [0, 0.1) is 0 Å². The molecule has 4 N–H and O–H groups in total. The third kappa shape index (κ3) is 7.40. The lowest BCUT2D eigenvalue weighted by Gasteiger charge is -1.91. The molecule has 0 aliphatic carbocycles. The fraction of sp³-hybridized carbons (Fsp3) is 0. The molecule has 0 spiro atoms. The average Bonchev–Trinajstić information content (AvgIpc) is 2.20. The van der Waals surface area contributed by atoms with E-state index in [1.807, 2.05) is 12.1 Å². The van der Waals surface area contributed by atoms with Crippen molar-refractivity contribution < 1.29 is 19.8 Å². The van der Waals surface area contributed by atoms with Gasteiger partial charge in [-0.2, -0.15) is 0 Å². The molecule has 1 rings (SSSR count). The summed E-state index contributed by atoms with van der Waals surface area (Å²) < 4.78 is 0. The topological polar surface area (TPSA) is 101 Å². The monoisotopic (exact) mass is 243 g/mol. The summed E-state index contributed by atoms with van der Waals surface area (Å²) in [6.45, 7) is 0. The number of aliphatic carboxylic acids is 2. The number of hydrogen-bond donors (Lipinski definition) is 3. The molecule has 86 valence electrons. The second-order valence-electron chi connectivity index (χ2n) is 2.53. The summed E-state index contributed by atoms with van der Waals surface area (Å²) in [6, 6.07) is 7.22. The van der Waals surface area contributed by atoms with Crippen LogP contribution in [-0.4, -0.2) is 22.2 Å². The number of nitrogens with two attached hydrogens (primary N) is 1. The van der Waals surface area contributed by atoms with E-state index in [4.69, 9.17) is 27.5 Å². The number of benzene rings is 1. The summed E-state index contributed by atoms with van der Waals surface area (Å²) in [7, 11) is 0. The van der Waals surface area contributed by atoms with Gasteiger partial charge >= 0.3 is 11.9 Å². The molecule has 0 amide bonds. The Balaban J connectivity index is 0.000000281. The quantitative estimate of drug-likeness (QED) is 0.541. The van der Waals surface area contributed by atoms with E-state index in [-0.39, 0.29) is 0 Å². The summed E-state index contributed by atoms with van der Waals surface area (Å²) in [5.41, 5.74) is 6.02. The Labute approximate surface area is 96.8 Å². The number of para-hydroxylation sites is 1. The zero-order chi connectivity index (χ0) is 12.6. The summed E-state index contributed by atoms with van der Waals surface area (Å²) >= 11 is 5.58. The molecule has 0 unspecified atom stereocenters. The Morgan fingerprint density at radius 2 is 1.56 bits per heavy atom.